The molecule has 86 valence electrons. The van der Waals surface area contributed by atoms with Crippen LogP contribution in [-0.2, 0) is 17.9 Å². The first-order valence-electron chi connectivity index (χ1n) is 5.77. The van der Waals surface area contributed by atoms with Crippen LogP contribution in [0.25, 0.3) is 0 Å². The molecule has 0 aromatic heterocycles. The van der Waals surface area contributed by atoms with E-state index in [1.54, 1.807) is 0 Å². The third-order valence-corrected chi connectivity index (χ3v) is 3.24. The van der Waals surface area contributed by atoms with Gasteiger partial charge in [-0.1, -0.05) is 31.2 Å². The van der Waals surface area contributed by atoms with Gasteiger partial charge < -0.3 is 11.1 Å². The molecular weight excluding hydrogens is 200 g/mol. The van der Waals surface area contributed by atoms with Crippen LogP contribution in [0, 0.1) is 11.8 Å². The van der Waals surface area contributed by atoms with E-state index in [0.29, 0.717) is 19.0 Å². The lowest BCUT2D eigenvalue weighted by Gasteiger charge is -2.08. The van der Waals surface area contributed by atoms with E-state index in [9.17, 15) is 4.79 Å². The lowest BCUT2D eigenvalue weighted by Crippen LogP contribution is -2.25. The summed E-state index contributed by atoms with van der Waals surface area (Å²) in [6, 6.07) is 7.96. The Morgan fingerprint density at radius 3 is 2.62 bits per heavy atom. The Hall–Kier alpha value is -1.35. The van der Waals surface area contributed by atoms with Gasteiger partial charge in [-0.3, -0.25) is 4.79 Å². The summed E-state index contributed by atoms with van der Waals surface area (Å²) in [5.74, 6) is 0.981. The smallest absolute Gasteiger partial charge is 0.223 e. The highest BCUT2D eigenvalue weighted by atomic mass is 16.2. The molecule has 0 heterocycles. The highest BCUT2D eigenvalue weighted by Crippen LogP contribution is 2.37. The molecule has 0 bridgehead atoms. The number of carbonyl (C=O) groups is 1. The normalized spacial score (nSPS) is 22.9. The van der Waals surface area contributed by atoms with Crippen LogP contribution in [0.3, 0.4) is 0 Å². The average molecular weight is 218 g/mol. The second-order valence-electron chi connectivity index (χ2n) is 4.51. The predicted octanol–water partition coefficient (Wildman–Crippen LogP) is 1.42. The molecule has 1 aliphatic carbocycles. The Kier molecular flexibility index (Phi) is 3.25. The van der Waals surface area contributed by atoms with Gasteiger partial charge in [0.15, 0.2) is 0 Å². The molecular formula is C13H18N2O. The van der Waals surface area contributed by atoms with Crippen molar-refractivity contribution in [2.24, 2.45) is 17.6 Å². The molecule has 1 aromatic rings. The summed E-state index contributed by atoms with van der Waals surface area (Å²) in [7, 11) is 0. The fraction of sp³-hybridized carbons (Fsp3) is 0.462. The Bertz CT molecular complexity index is 389. The summed E-state index contributed by atoms with van der Waals surface area (Å²) in [6.45, 7) is 3.22. The lowest BCUT2D eigenvalue weighted by molar-refractivity contribution is -0.122. The van der Waals surface area contributed by atoms with Crippen LogP contribution >= 0.6 is 0 Å². The van der Waals surface area contributed by atoms with Gasteiger partial charge in [-0.05, 0) is 23.5 Å². The van der Waals surface area contributed by atoms with Crippen molar-refractivity contribution in [1.29, 1.82) is 0 Å². The number of nitrogens with two attached hydrogens (primary N) is 1. The minimum Gasteiger partial charge on any atom is -0.352 e. The Balaban J connectivity index is 1.91. The van der Waals surface area contributed by atoms with Gasteiger partial charge in [-0.15, -0.1) is 0 Å². The first kappa shape index (κ1) is 11.1. The van der Waals surface area contributed by atoms with Gasteiger partial charge >= 0.3 is 0 Å². The van der Waals surface area contributed by atoms with Crippen molar-refractivity contribution in [3.05, 3.63) is 35.4 Å². The number of nitrogens with one attached hydrogen (secondary N) is 1. The molecule has 2 atom stereocenters. The van der Waals surface area contributed by atoms with E-state index in [1.165, 1.54) is 0 Å². The molecule has 3 heteroatoms. The number of amides is 1. The monoisotopic (exact) mass is 218 g/mol. The van der Waals surface area contributed by atoms with E-state index in [0.717, 1.165) is 17.5 Å². The van der Waals surface area contributed by atoms with Crippen LogP contribution < -0.4 is 11.1 Å². The summed E-state index contributed by atoms with van der Waals surface area (Å²) in [6.07, 6.45) is 1.03. The quantitative estimate of drug-likeness (QED) is 0.803. The molecule has 16 heavy (non-hydrogen) atoms. The Labute approximate surface area is 96.0 Å². The predicted molar refractivity (Wildman–Crippen MR) is 63.5 cm³/mol. The molecule has 2 unspecified atom stereocenters. The molecule has 0 saturated heterocycles. The van der Waals surface area contributed by atoms with Gasteiger partial charge in [0.25, 0.3) is 0 Å². The minimum atomic E-state index is 0.180. The zero-order chi connectivity index (χ0) is 11.5. The van der Waals surface area contributed by atoms with Crippen LogP contribution in [0.15, 0.2) is 24.3 Å². The molecule has 1 fully saturated rings. The zero-order valence-electron chi connectivity index (χ0n) is 9.57. The van der Waals surface area contributed by atoms with Crippen molar-refractivity contribution < 1.29 is 4.79 Å². The highest BCUT2D eigenvalue weighted by Gasteiger charge is 2.38. The van der Waals surface area contributed by atoms with Crippen molar-refractivity contribution in [3.63, 3.8) is 0 Å². The molecule has 3 N–H and O–H groups in total. The molecule has 2 rings (SSSR count). The SMILES string of the molecule is CC1CC1C(=O)NCc1ccccc1CN. The zero-order valence-corrected chi connectivity index (χ0v) is 9.57. The minimum absolute atomic E-state index is 0.180. The fourth-order valence-corrected chi connectivity index (χ4v) is 1.93. The highest BCUT2D eigenvalue weighted by molar-refractivity contribution is 5.81. The van der Waals surface area contributed by atoms with E-state index < -0.39 is 0 Å². The van der Waals surface area contributed by atoms with E-state index in [2.05, 4.69) is 12.2 Å². The summed E-state index contributed by atoms with van der Waals surface area (Å²) in [5.41, 5.74) is 7.86. The van der Waals surface area contributed by atoms with Gasteiger partial charge in [0.05, 0.1) is 0 Å². The molecule has 1 saturated carbocycles. The Morgan fingerprint density at radius 1 is 1.44 bits per heavy atom. The van der Waals surface area contributed by atoms with Crippen LogP contribution in [0.5, 0.6) is 0 Å². The molecule has 1 amide bonds. The van der Waals surface area contributed by atoms with Gasteiger partial charge in [0.1, 0.15) is 0 Å². The third kappa shape index (κ3) is 2.42. The van der Waals surface area contributed by atoms with E-state index in [4.69, 9.17) is 5.73 Å². The summed E-state index contributed by atoms with van der Waals surface area (Å²) in [4.78, 5) is 11.6. The van der Waals surface area contributed by atoms with Crippen LogP contribution in [0.4, 0.5) is 0 Å². The number of rotatable bonds is 4. The summed E-state index contributed by atoms with van der Waals surface area (Å²) < 4.78 is 0. The van der Waals surface area contributed by atoms with Gasteiger partial charge in [0, 0.05) is 19.0 Å². The maximum atomic E-state index is 11.6. The second-order valence-corrected chi connectivity index (χ2v) is 4.51. The van der Waals surface area contributed by atoms with E-state index in [-0.39, 0.29) is 11.8 Å². The molecule has 3 nitrogen and oxygen atoms in total. The van der Waals surface area contributed by atoms with Crippen molar-refractivity contribution in [1.82, 2.24) is 5.32 Å². The summed E-state index contributed by atoms with van der Waals surface area (Å²) in [5, 5.41) is 2.97. The first-order valence-corrected chi connectivity index (χ1v) is 5.77. The van der Waals surface area contributed by atoms with Crippen LogP contribution in [0.1, 0.15) is 24.5 Å². The van der Waals surface area contributed by atoms with Gasteiger partial charge in [0.2, 0.25) is 5.91 Å². The fourth-order valence-electron chi connectivity index (χ4n) is 1.93. The lowest BCUT2D eigenvalue weighted by atomic mass is 10.1. The topological polar surface area (TPSA) is 55.1 Å². The molecule has 0 aliphatic heterocycles. The maximum Gasteiger partial charge on any atom is 0.223 e. The second kappa shape index (κ2) is 4.66. The van der Waals surface area contributed by atoms with Gasteiger partial charge in [-0.25, -0.2) is 0 Å². The first-order chi connectivity index (χ1) is 7.72. The number of carbonyl (C=O) groups excluding carboxylic acids is 1. The van der Waals surface area contributed by atoms with E-state index in [1.807, 2.05) is 24.3 Å². The molecule has 0 radical (unpaired) electrons. The number of hydrogen-bond acceptors (Lipinski definition) is 2. The van der Waals surface area contributed by atoms with Crippen molar-refractivity contribution in [2.75, 3.05) is 0 Å². The van der Waals surface area contributed by atoms with Crippen molar-refractivity contribution in [3.8, 4) is 0 Å². The van der Waals surface area contributed by atoms with Crippen LogP contribution in [-0.4, -0.2) is 5.91 Å². The summed E-state index contributed by atoms with van der Waals surface area (Å²) >= 11 is 0. The largest absolute Gasteiger partial charge is 0.352 e. The maximum absolute atomic E-state index is 11.6. The molecule has 0 spiro atoms. The molecule has 1 aliphatic rings. The van der Waals surface area contributed by atoms with E-state index >= 15 is 0 Å². The van der Waals surface area contributed by atoms with Gasteiger partial charge in [-0.2, -0.15) is 0 Å². The standard InChI is InChI=1S/C13H18N2O/c1-9-6-12(9)13(16)15-8-11-5-3-2-4-10(11)7-14/h2-5,9,12H,6-8,14H2,1H3,(H,15,16). The molecule has 1 aromatic carbocycles. The van der Waals surface area contributed by atoms with Crippen LogP contribution in [0.2, 0.25) is 0 Å². The van der Waals surface area contributed by atoms with Crippen molar-refractivity contribution >= 4 is 5.91 Å². The van der Waals surface area contributed by atoms with Crippen molar-refractivity contribution in [2.45, 2.75) is 26.4 Å². The average Bonchev–Trinajstić information content (AvgIpc) is 3.04. The number of benzene rings is 1. The number of hydrogen-bond donors (Lipinski definition) is 2. The Morgan fingerprint density at radius 2 is 2.06 bits per heavy atom. The third-order valence-electron chi connectivity index (χ3n) is 3.24.